The van der Waals surface area contributed by atoms with Gasteiger partial charge in [-0.2, -0.15) is 0 Å². The van der Waals surface area contributed by atoms with Crippen LogP contribution in [-0.4, -0.2) is 40.2 Å². The number of aliphatic hydroxyl groups excluding tert-OH is 1. The number of ketones is 1. The van der Waals surface area contributed by atoms with Crippen molar-refractivity contribution in [1.29, 1.82) is 0 Å². The fourth-order valence-electron chi connectivity index (χ4n) is 4.54. The van der Waals surface area contributed by atoms with Crippen LogP contribution in [0.2, 0.25) is 5.02 Å². The topological polar surface area (TPSA) is 102 Å². The molecule has 1 atom stereocenters. The van der Waals surface area contributed by atoms with Crippen LogP contribution >= 0.6 is 34.7 Å². The predicted molar refractivity (Wildman–Crippen MR) is 170 cm³/mol. The third kappa shape index (κ3) is 7.04. The van der Waals surface area contributed by atoms with Crippen LogP contribution in [0.25, 0.3) is 5.76 Å². The molecule has 1 fully saturated rings. The maximum absolute atomic E-state index is 13.5. The summed E-state index contributed by atoms with van der Waals surface area (Å²) in [6.07, 6.45) is 1.95. The first-order valence-corrected chi connectivity index (χ1v) is 16.0. The van der Waals surface area contributed by atoms with E-state index in [0.717, 1.165) is 18.4 Å². The summed E-state index contributed by atoms with van der Waals surface area (Å²) in [5.41, 5.74) is 2.05. The van der Waals surface area contributed by atoms with Crippen molar-refractivity contribution >= 4 is 57.3 Å². The Morgan fingerprint density at radius 3 is 2.30 bits per heavy atom. The van der Waals surface area contributed by atoms with Gasteiger partial charge >= 0.3 is 5.91 Å². The van der Waals surface area contributed by atoms with Crippen LogP contribution in [0.5, 0.6) is 11.5 Å². The van der Waals surface area contributed by atoms with E-state index in [0.29, 0.717) is 51.0 Å². The first kappa shape index (κ1) is 30.6. The molecule has 222 valence electrons. The molecule has 11 heteroatoms. The Kier molecular flexibility index (Phi) is 10.0. The highest BCUT2D eigenvalue weighted by molar-refractivity contribution is 8.00. The van der Waals surface area contributed by atoms with Gasteiger partial charge in [-0.25, -0.2) is 0 Å². The Balaban J connectivity index is 1.48. The number of Topliss-reactive ketones (excluding diaryl/α,β-unsaturated/α-hetero) is 1. The van der Waals surface area contributed by atoms with Gasteiger partial charge in [-0.3, -0.25) is 14.5 Å². The van der Waals surface area contributed by atoms with Gasteiger partial charge in [0, 0.05) is 16.3 Å². The molecule has 3 aromatic carbocycles. The lowest BCUT2D eigenvalue weighted by atomic mass is 9.95. The van der Waals surface area contributed by atoms with Gasteiger partial charge in [0.1, 0.15) is 17.3 Å². The van der Waals surface area contributed by atoms with E-state index in [4.69, 9.17) is 21.1 Å². The van der Waals surface area contributed by atoms with Gasteiger partial charge in [-0.15, -0.1) is 10.2 Å². The summed E-state index contributed by atoms with van der Waals surface area (Å²) in [6, 6.07) is 20.5. The molecule has 1 saturated heterocycles. The third-order valence-corrected chi connectivity index (χ3v) is 9.10. The number of aromatic nitrogens is 2. The lowest BCUT2D eigenvalue weighted by Gasteiger charge is -2.22. The van der Waals surface area contributed by atoms with Crippen molar-refractivity contribution in [2.24, 2.45) is 0 Å². The highest BCUT2D eigenvalue weighted by atomic mass is 35.5. The molecule has 4 aromatic rings. The van der Waals surface area contributed by atoms with Gasteiger partial charge in [-0.1, -0.05) is 72.3 Å². The van der Waals surface area contributed by atoms with E-state index in [1.807, 2.05) is 31.2 Å². The first-order valence-electron chi connectivity index (χ1n) is 13.9. The molecule has 0 radical (unpaired) electrons. The van der Waals surface area contributed by atoms with Gasteiger partial charge in [0.15, 0.2) is 4.34 Å². The summed E-state index contributed by atoms with van der Waals surface area (Å²) in [5, 5.41) is 20.9. The second-order valence-electron chi connectivity index (χ2n) is 9.66. The highest BCUT2D eigenvalue weighted by Crippen LogP contribution is 2.44. The molecule has 1 amide bonds. The number of amides is 1. The van der Waals surface area contributed by atoms with E-state index < -0.39 is 17.7 Å². The molecule has 0 aliphatic carbocycles. The summed E-state index contributed by atoms with van der Waals surface area (Å²) in [4.78, 5) is 28.4. The lowest BCUT2D eigenvalue weighted by Crippen LogP contribution is -2.29. The van der Waals surface area contributed by atoms with E-state index in [9.17, 15) is 14.7 Å². The minimum absolute atomic E-state index is 0.0284. The van der Waals surface area contributed by atoms with Crippen LogP contribution in [0.1, 0.15) is 49.4 Å². The Morgan fingerprint density at radius 1 is 0.953 bits per heavy atom. The third-order valence-electron chi connectivity index (χ3n) is 6.72. The number of thioether (sulfide) groups is 1. The monoisotopic (exact) mass is 635 g/mol. The highest BCUT2D eigenvalue weighted by Gasteiger charge is 2.48. The van der Waals surface area contributed by atoms with Crippen molar-refractivity contribution in [1.82, 2.24) is 10.2 Å². The molecular weight excluding hydrogens is 606 g/mol. The number of unbranched alkanes of at least 4 members (excludes halogenated alkanes) is 1. The van der Waals surface area contributed by atoms with Gasteiger partial charge in [0.05, 0.1) is 24.8 Å². The van der Waals surface area contributed by atoms with Crippen LogP contribution in [-0.2, 0) is 15.3 Å². The summed E-state index contributed by atoms with van der Waals surface area (Å²) >= 11 is 8.67. The van der Waals surface area contributed by atoms with Crippen LogP contribution in [0.15, 0.2) is 82.7 Å². The predicted octanol–water partition coefficient (Wildman–Crippen LogP) is 7.69. The molecule has 0 unspecified atom stereocenters. The Hall–Kier alpha value is -3.86. The Morgan fingerprint density at radius 2 is 1.63 bits per heavy atom. The average molecular weight is 636 g/mol. The summed E-state index contributed by atoms with van der Waals surface area (Å²) in [6.45, 7) is 5.06. The SMILES string of the molecule is CCCCOc1ccc(C(O)=C2C(=O)C(=O)N(c3nnc(SCc4ccc(Cl)cc4)s3)[C@@H]2c2ccc(OCC)cc2)cc1. The number of carbonyl (C=O) groups is 2. The molecule has 8 nitrogen and oxygen atoms in total. The van der Waals surface area contributed by atoms with Crippen molar-refractivity contribution in [3.63, 3.8) is 0 Å². The minimum atomic E-state index is -0.918. The number of anilines is 1. The number of halogens is 1. The maximum Gasteiger partial charge on any atom is 0.301 e. The van der Waals surface area contributed by atoms with Crippen molar-refractivity contribution in [2.45, 2.75) is 42.8 Å². The normalized spacial score (nSPS) is 16.1. The summed E-state index contributed by atoms with van der Waals surface area (Å²) in [5.74, 6) is 0.0763. The molecule has 43 heavy (non-hydrogen) atoms. The fourth-order valence-corrected chi connectivity index (χ4v) is 6.49. The van der Waals surface area contributed by atoms with E-state index in [-0.39, 0.29) is 16.5 Å². The molecule has 1 aromatic heterocycles. The van der Waals surface area contributed by atoms with Crippen LogP contribution < -0.4 is 14.4 Å². The second kappa shape index (κ2) is 14.1. The molecule has 0 bridgehead atoms. The number of ether oxygens (including phenoxy) is 2. The van der Waals surface area contributed by atoms with E-state index in [2.05, 4.69) is 17.1 Å². The van der Waals surface area contributed by atoms with Crippen LogP contribution in [0.4, 0.5) is 5.13 Å². The number of hydrogen-bond donors (Lipinski definition) is 1. The molecule has 1 aliphatic rings. The van der Waals surface area contributed by atoms with E-state index >= 15 is 0 Å². The van der Waals surface area contributed by atoms with Crippen molar-refractivity contribution in [3.8, 4) is 11.5 Å². The largest absolute Gasteiger partial charge is 0.507 e. The van der Waals surface area contributed by atoms with Gasteiger partial charge in [-0.05, 0) is 73.0 Å². The van der Waals surface area contributed by atoms with Gasteiger partial charge in [0.25, 0.3) is 5.78 Å². The van der Waals surface area contributed by atoms with Gasteiger partial charge < -0.3 is 14.6 Å². The quantitative estimate of drug-likeness (QED) is 0.0422. The van der Waals surface area contributed by atoms with Crippen molar-refractivity contribution < 1.29 is 24.2 Å². The summed E-state index contributed by atoms with van der Waals surface area (Å²) in [7, 11) is 0. The standard InChI is InChI=1S/C32H30ClN3O5S2/c1-3-5-18-41-25-16-10-22(11-17-25)28(37)26-27(21-8-14-24(15-9-21)40-4-2)36(30(39)29(26)38)31-34-35-32(43-31)42-19-20-6-12-23(33)13-7-20/h6-17,27,37H,3-5,18-19H2,1-2H3/t27-/m1/s1. The van der Waals surface area contributed by atoms with E-state index in [1.165, 1.54) is 28.0 Å². The number of rotatable bonds is 12. The second-order valence-corrected chi connectivity index (χ2v) is 12.3. The number of benzene rings is 3. The zero-order valence-corrected chi connectivity index (χ0v) is 26.0. The number of carbonyl (C=O) groups excluding carboxylic acids is 2. The molecule has 5 rings (SSSR count). The number of nitrogens with zero attached hydrogens (tertiary/aromatic N) is 3. The van der Waals surface area contributed by atoms with Crippen molar-refractivity contribution in [3.05, 3.63) is 100 Å². The Labute approximate surface area is 263 Å². The van der Waals surface area contributed by atoms with Crippen molar-refractivity contribution in [2.75, 3.05) is 18.1 Å². The van der Waals surface area contributed by atoms with Crippen LogP contribution in [0, 0.1) is 0 Å². The summed E-state index contributed by atoms with van der Waals surface area (Å²) < 4.78 is 12.0. The lowest BCUT2D eigenvalue weighted by molar-refractivity contribution is -0.132. The molecule has 0 spiro atoms. The first-order chi connectivity index (χ1) is 20.9. The Bertz CT molecular complexity index is 1610. The van der Waals surface area contributed by atoms with Crippen LogP contribution in [0.3, 0.4) is 0 Å². The molecule has 2 heterocycles. The smallest absolute Gasteiger partial charge is 0.301 e. The van der Waals surface area contributed by atoms with E-state index in [1.54, 1.807) is 48.5 Å². The van der Waals surface area contributed by atoms with Gasteiger partial charge in [0.2, 0.25) is 5.13 Å². The molecule has 0 saturated carbocycles. The number of hydrogen-bond acceptors (Lipinski definition) is 9. The molecular formula is C32H30ClN3O5S2. The zero-order chi connectivity index (χ0) is 30.3. The molecule has 1 N–H and O–H groups in total. The fraction of sp³-hybridized carbons (Fsp3) is 0.250. The zero-order valence-electron chi connectivity index (χ0n) is 23.7. The average Bonchev–Trinajstić information content (AvgIpc) is 3.59. The minimum Gasteiger partial charge on any atom is -0.507 e. The maximum atomic E-state index is 13.5. The number of aliphatic hydroxyl groups is 1. The molecule has 1 aliphatic heterocycles.